The van der Waals surface area contributed by atoms with Crippen molar-refractivity contribution in [2.45, 2.75) is 19.5 Å². The third-order valence-electron chi connectivity index (χ3n) is 3.62. The van der Waals surface area contributed by atoms with Gasteiger partial charge in [0.25, 0.3) is 0 Å². The average molecular weight is 273 g/mol. The average Bonchev–Trinajstić information content (AvgIpc) is 2.85. The first-order chi connectivity index (χ1) is 9.36. The van der Waals surface area contributed by atoms with E-state index in [9.17, 15) is 0 Å². The third-order valence-corrected chi connectivity index (χ3v) is 4.56. The zero-order valence-corrected chi connectivity index (χ0v) is 12.0. The lowest BCUT2D eigenvalue weighted by Crippen LogP contribution is -2.56. The molecule has 4 heteroatoms. The van der Waals surface area contributed by atoms with Crippen molar-refractivity contribution in [1.29, 1.82) is 0 Å². The number of aromatic nitrogens is 1. The van der Waals surface area contributed by atoms with Crippen LogP contribution in [0.4, 0.5) is 0 Å². The molecule has 1 saturated heterocycles. The van der Waals surface area contributed by atoms with E-state index in [0.29, 0.717) is 6.04 Å². The van der Waals surface area contributed by atoms with E-state index in [1.807, 2.05) is 6.07 Å². The molecule has 0 aliphatic carbocycles. The molecule has 2 aromatic rings. The van der Waals surface area contributed by atoms with Crippen LogP contribution in [-0.4, -0.2) is 35.6 Å². The molecule has 2 heterocycles. The number of thiazole rings is 1. The van der Waals surface area contributed by atoms with Gasteiger partial charge in [0.2, 0.25) is 0 Å². The SMILES string of the molecule is CCN(Cc1csc(-c2ccccc2)n1)C1CNC1. The highest BCUT2D eigenvalue weighted by Gasteiger charge is 2.23. The first kappa shape index (κ1) is 12.8. The largest absolute Gasteiger partial charge is 0.314 e. The van der Waals surface area contributed by atoms with E-state index in [4.69, 9.17) is 4.98 Å². The van der Waals surface area contributed by atoms with Gasteiger partial charge in [-0.2, -0.15) is 0 Å². The van der Waals surface area contributed by atoms with E-state index < -0.39 is 0 Å². The van der Waals surface area contributed by atoms with E-state index in [2.05, 4.69) is 46.8 Å². The molecule has 3 nitrogen and oxygen atoms in total. The summed E-state index contributed by atoms with van der Waals surface area (Å²) >= 11 is 1.74. The number of benzene rings is 1. The van der Waals surface area contributed by atoms with Crippen molar-refractivity contribution < 1.29 is 0 Å². The minimum atomic E-state index is 0.687. The number of hydrogen-bond donors (Lipinski definition) is 1. The van der Waals surface area contributed by atoms with Crippen LogP contribution in [-0.2, 0) is 6.54 Å². The van der Waals surface area contributed by atoms with Crippen LogP contribution in [0.3, 0.4) is 0 Å². The van der Waals surface area contributed by atoms with Gasteiger partial charge in [-0.05, 0) is 6.54 Å². The number of hydrogen-bond acceptors (Lipinski definition) is 4. The summed E-state index contributed by atoms with van der Waals surface area (Å²) in [4.78, 5) is 7.27. The minimum Gasteiger partial charge on any atom is -0.314 e. The van der Waals surface area contributed by atoms with E-state index in [-0.39, 0.29) is 0 Å². The Morgan fingerprint density at radius 2 is 2.11 bits per heavy atom. The van der Waals surface area contributed by atoms with Crippen molar-refractivity contribution in [3.63, 3.8) is 0 Å². The monoisotopic (exact) mass is 273 g/mol. The molecule has 0 radical (unpaired) electrons. The lowest BCUT2D eigenvalue weighted by atomic mass is 10.1. The lowest BCUT2D eigenvalue weighted by molar-refractivity contribution is 0.144. The molecule has 0 spiro atoms. The van der Waals surface area contributed by atoms with Gasteiger partial charge >= 0.3 is 0 Å². The summed E-state index contributed by atoms with van der Waals surface area (Å²) in [6, 6.07) is 11.1. The first-order valence-electron chi connectivity index (χ1n) is 6.81. The zero-order valence-electron chi connectivity index (χ0n) is 11.2. The molecule has 1 aromatic heterocycles. The molecule has 0 unspecified atom stereocenters. The van der Waals surface area contributed by atoms with E-state index in [1.54, 1.807) is 11.3 Å². The Bertz CT molecular complexity index is 519. The van der Waals surface area contributed by atoms with Crippen LogP contribution >= 0.6 is 11.3 Å². The quantitative estimate of drug-likeness (QED) is 0.907. The second-order valence-electron chi connectivity index (χ2n) is 4.89. The standard InChI is InChI=1S/C15H19N3S/c1-2-18(14-8-16-9-14)10-13-11-19-15(17-13)12-6-4-3-5-7-12/h3-7,11,14,16H,2,8-10H2,1H3. The number of rotatable bonds is 5. The summed E-state index contributed by atoms with van der Waals surface area (Å²) in [5, 5.41) is 6.65. The lowest BCUT2D eigenvalue weighted by Gasteiger charge is -2.37. The van der Waals surface area contributed by atoms with Crippen molar-refractivity contribution in [3.05, 3.63) is 41.4 Å². The molecule has 0 saturated carbocycles. The summed E-state index contributed by atoms with van der Waals surface area (Å²) in [6.45, 7) is 6.51. The molecule has 0 amide bonds. The maximum Gasteiger partial charge on any atom is 0.123 e. The smallest absolute Gasteiger partial charge is 0.123 e. The Hall–Kier alpha value is -1.23. The van der Waals surface area contributed by atoms with Crippen molar-refractivity contribution in [1.82, 2.24) is 15.2 Å². The van der Waals surface area contributed by atoms with E-state index in [0.717, 1.165) is 31.2 Å². The Morgan fingerprint density at radius 3 is 2.74 bits per heavy atom. The highest BCUT2D eigenvalue weighted by Crippen LogP contribution is 2.24. The van der Waals surface area contributed by atoms with Crippen LogP contribution in [0.2, 0.25) is 0 Å². The molecule has 19 heavy (non-hydrogen) atoms. The Balaban J connectivity index is 1.70. The van der Waals surface area contributed by atoms with Gasteiger partial charge in [-0.1, -0.05) is 37.3 Å². The van der Waals surface area contributed by atoms with Crippen molar-refractivity contribution in [3.8, 4) is 10.6 Å². The van der Waals surface area contributed by atoms with Gasteiger partial charge in [0.15, 0.2) is 0 Å². The van der Waals surface area contributed by atoms with Gasteiger partial charge in [-0.25, -0.2) is 4.98 Å². The Morgan fingerprint density at radius 1 is 1.32 bits per heavy atom. The van der Waals surface area contributed by atoms with Crippen LogP contribution in [0.1, 0.15) is 12.6 Å². The molecule has 1 fully saturated rings. The third kappa shape index (κ3) is 2.86. The topological polar surface area (TPSA) is 28.2 Å². The van der Waals surface area contributed by atoms with Crippen LogP contribution in [0.25, 0.3) is 10.6 Å². The van der Waals surface area contributed by atoms with Gasteiger partial charge in [0, 0.05) is 36.6 Å². The molecule has 1 aliphatic heterocycles. The summed E-state index contributed by atoms with van der Waals surface area (Å²) in [5.74, 6) is 0. The summed E-state index contributed by atoms with van der Waals surface area (Å²) in [6.07, 6.45) is 0. The van der Waals surface area contributed by atoms with Gasteiger partial charge in [0.05, 0.1) is 5.69 Å². The fourth-order valence-electron chi connectivity index (χ4n) is 2.33. The van der Waals surface area contributed by atoms with Crippen molar-refractivity contribution in [2.24, 2.45) is 0 Å². The van der Waals surface area contributed by atoms with E-state index in [1.165, 1.54) is 11.3 Å². The normalized spacial score (nSPS) is 15.7. The maximum atomic E-state index is 4.77. The fraction of sp³-hybridized carbons (Fsp3) is 0.400. The Kier molecular flexibility index (Phi) is 3.92. The van der Waals surface area contributed by atoms with Crippen molar-refractivity contribution >= 4 is 11.3 Å². The molecule has 0 bridgehead atoms. The van der Waals surface area contributed by atoms with Gasteiger partial charge in [-0.15, -0.1) is 11.3 Å². The van der Waals surface area contributed by atoms with Crippen LogP contribution in [0, 0.1) is 0 Å². The van der Waals surface area contributed by atoms with Crippen LogP contribution in [0.15, 0.2) is 35.7 Å². The molecular weight excluding hydrogens is 254 g/mol. The predicted molar refractivity (Wildman–Crippen MR) is 80.3 cm³/mol. The number of nitrogens with zero attached hydrogens (tertiary/aromatic N) is 2. The Labute approximate surface area is 118 Å². The zero-order chi connectivity index (χ0) is 13.1. The number of likely N-dealkylation sites (N-methyl/N-ethyl adjacent to an activating group) is 1. The van der Waals surface area contributed by atoms with Gasteiger partial charge in [0.1, 0.15) is 5.01 Å². The highest BCUT2D eigenvalue weighted by molar-refractivity contribution is 7.13. The molecule has 0 atom stereocenters. The predicted octanol–water partition coefficient (Wildman–Crippen LogP) is 2.60. The molecule has 1 N–H and O–H groups in total. The number of nitrogens with one attached hydrogen (secondary N) is 1. The van der Waals surface area contributed by atoms with Gasteiger partial charge in [-0.3, -0.25) is 4.90 Å². The fourth-order valence-corrected chi connectivity index (χ4v) is 3.15. The van der Waals surface area contributed by atoms with Crippen molar-refractivity contribution in [2.75, 3.05) is 19.6 Å². The maximum absolute atomic E-state index is 4.77. The molecule has 1 aromatic carbocycles. The second-order valence-corrected chi connectivity index (χ2v) is 5.74. The van der Waals surface area contributed by atoms with Crippen LogP contribution in [0.5, 0.6) is 0 Å². The highest BCUT2D eigenvalue weighted by atomic mass is 32.1. The molecule has 100 valence electrons. The van der Waals surface area contributed by atoms with Gasteiger partial charge < -0.3 is 5.32 Å². The van der Waals surface area contributed by atoms with Crippen LogP contribution < -0.4 is 5.32 Å². The minimum absolute atomic E-state index is 0.687. The summed E-state index contributed by atoms with van der Waals surface area (Å²) < 4.78 is 0. The van der Waals surface area contributed by atoms with E-state index >= 15 is 0 Å². The summed E-state index contributed by atoms with van der Waals surface area (Å²) in [5.41, 5.74) is 2.41. The molecule has 1 aliphatic rings. The second kappa shape index (κ2) is 5.82. The molecular formula is C15H19N3S. The summed E-state index contributed by atoms with van der Waals surface area (Å²) in [7, 11) is 0. The first-order valence-corrected chi connectivity index (χ1v) is 7.69. The molecule has 3 rings (SSSR count).